The van der Waals surface area contributed by atoms with Crippen molar-refractivity contribution >= 4 is 39.5 Å². The van der Waals surface area contributed by atoms with Crippen LogP contribution in [0.4, 0.5) is 36.4 Å². The van der Waals surface area contributed by atoms with Crippen LogP contribution in [0.3, 0.4) is 0 Å². The molecule has 0 saturated carbocycles. The molecule has 2 aromatic rings. The Kier molecular flexibility index (Phi) is 6.40. The van der Waals surface area contributed by atoms with Crippen molar-refractivity contribution in [2.24, 2.45) is 0 Å². The Morgan fingerprint density at radius 1 is 1.29 bits per heavy atom. The van der Waals surface area contributed by atoms with Gasteiger partial charge in [0.05, 0.1) is 23.0 Å². The monoisotopic (exact) mass is 513 g/mol. The van der Waals surface area contributed by atoms with E-state index in [4.69, 9.17) is 5.41 Å². The molecule has 4 N–H and O–H groups in total. The summed E-state index contributed by atoms with van der Waals surface area (Å²) in [7, 11) is -3.35. The third-order valence-corrected chi connectivity index (χ3v) is 7.11. The molecular weight excluding hydrogens is 487 g/mol. The molecule has 10 nitrogen and oxygen atoms in total. The van der Waals surface area contributed by atoms with Gasteiger partial charge in [0, 0.05) is 44.1 Å². The number of nitrogens with one attached hydrogen (secondary N) is 3. The third-order valence-electron chi connectivity index (χ3n) is 5.84. The molecule has 0 spiro atoms. The average molecular weight is 514 g/mol. The first-order valence-electron chi connectivity index (χ1n) is 10.8. The van der Waals surface area contributed by atoms with Gasteiger partial charge < -0.3 is 26.0 Å². The van der Waals surface area contributed by atoms with Crippen molar-refractivity contribution in [1.29, 1.82) is 5.41 Å². The number of anilines is 4. The number of halogens is 3. The van der Waals surface area contributed by atoms with Crippen LogP contribution >= 0.6 is 0 Å². The molecule has 2 aliphatic heterocycles. The number of rotatable bonds is 7. The topological polar surface area (TPSA) is 135 Å². The van der Waals surface area contributed by atoms with Crippen molar-refractivity contribution in [1.82, 2.24) is 14.3 Å². The van der Waals surface area contributed by atoms with Crippen molar-refractivity contribution in [2.45, 2.75) is 31.2 Å². The molecule has 3 heterocycles. The van der Waals surface area contributed by atoms with Crippen LogP contribution in [0, 0.1) is 5.41 Å². The Labute approximate surface area is 200 Å². The van der Waals surface area contributed by atoms with Crippen LogP contribution in [-0.4, -0.2) is 78.1 Å². The number of hydrogen-bond donors (Lipinski definition) is 4. The van der Waals surface area contributed by atoms with Crippen LogP contribution in [0.2, 0.25) is 0 Å². The molecule has 0 aliphatic carbocycles. The van der Waals surface area contributed by atoms with E-state index in [0.29, 0.717) is 18.8 Å². The van der Waals surface area contributed by atoms with Crippen molar-refractivity contribution < 1.29 is 26.7 Å². The number of aliphatic hydroxyl groups is 1. The van der Waals surface area contributed by atoms with Gasteiger partial charge in [-0.15, -0.1) is 0 Å². The van der Waals surface area contributed by atoms with Crippen LogP contribution in [0.5, 0.6) is 0 Å². The summed E-state index contributed by atoms with van der Waals surface area (Å²) in [5, 5.41) is 24.1. The normalized spacial score (nSPS) is 20.4. The van der Waals surface area contributed by atoms with Crippen LogP contribution < -0.4 is 15.5 Å². The van der Waals surface area contributed by atoms with Crippen molar-refractivity contribution in [3.8, 4) is 0 Å². The molecule has 0 bridgehead atoms. The predicted molar refractivity (Wildman–Crippen MR) is 126 cm³/mol. The van der Waals surface area contributed by atoms with Gasteiger partial charge in [-0.25, -0.2) is 12.7 Å². The van der Waals surface area contributed by atoms with Gasteiger partial charge in [0.2, 0.25) is 16.0 Å². The standard InChI is InChI=1S/C21H26F3N7O3S/c1-20(32)11-30(12-20)18-16(9-25)17(26-14-5-3-4-13(8-14)21(22,23)24)28-19(29-18)27-15-6-7-31(10-15)35(2,33)34/h3-5,8-9,15,25,32H,6-7,10-12H2,1-2H3,(H2,26,27,28,29)/t15-/m0/s1. The lowest BCUT2D eigenvalue weighted by Crippen LogP contribution is -2.60. The van der Waals surface area contributed by atoms with Crippen LogP contribution in [0.15, 0.2) is 24.3 Å². The van der Waals surface area contributed by atoms with Gasteiger partial charge in [0.15, 0.2) is 0 Å². The molecular formula is C21H26F3N7O3S. The van der Waals surface area contributed by atoms with Gasteiger partial charge in [-0.2, -0.15) is 23.1 Å². The summed E-state index contributed by atoms with van der Waals surface area (Å²) in [4.78, 5) is 10.6. The minimum atomic E-state index is -4.53. The van der Waals surface area contributed by atoms with Gasteiger partial charge in [0.1, 0.15) is 11.6 Å². The smallest absolute Gasteiger partial charge is 0.386 e. The number of β-amino-alcohol motifs (C(OH)–C–C–N with tert-alkyl or cyclic N) is 1. The Morgan fingerprint density at radius 3 is 2.57 bits per heavy atom. The molecule has 0 unspecified atom stereocenters. The fraction of sp³-hybridized carbons (Fsp3) is 0.476. The maximum Gasteiger partial charge on any atom is 0.416 e. The van der Waals surface area contributed by atoms with E-state index in [9.17, 15) is 26.7 Å². The Balaban J connectivity index is 1.68. The Morgan fingerprint density at radius 2 is 2.00 bits per heavy atom. The summed E-state index contributed by atoms with van der Waals surface area (Å²) in [6.45, 7) is 2.72. The Hall–Kier alpha value is -2.97. The fourth-order valence-electron chi connectivity index (χ4n) is 4.16. The molecule has 1 atom stereocenters. The highest BCUT2D eigenvalue weighted by atomic mass is 32.2. The zero-order valence-corrected chi connectivity index (χ0v) is 19.9. The van der Waals surface area contributed by atoms with Crippen molar-refractivity contribution in [3.63, 3.8) is 0 Å². The summed E-state index contributed by atoms with van der Waals surface area (Å²) < 4.78 is 64.6. The molecule has 1 aromatic carbocycles. The second-order valence-corrected chi connectivity index (χ2v) is 11.1. The van der Waals surface area contributed by atoms with Crippen molar-refractivity contribution in [2.75, 3.05) is 48.0 Å². The van der Waals surface area contributed by atoms with Crippen molar-refractivity contribution in [3.05, 3.63) is 35.4 Å². The summed E-state index contributed by atoms with van der Waals surface area (Å²) in [6.07, 6.45) is -1.87. The molecule has 2 fully saturated rings. The predicted octanol–water partition coefficient (Wildman–Crippen LogP) is 2.25. The number of benzene rings is 1. The highest BCUT2D eigenvalue weighted by molar-refractivity contribution is 7.88. The number of hydrogen-bond acceptors (Lipinski definition) is 9. The molecule has 2 saturated heterocycles. The largest absolute Gasteiger partial charge is 0.416 e. The summed E-state index contributed by atoms with van der Waals surface area (Å²) >= 11 is 0. The number of alkyl halides is 3. The summed E-state index contributed by atoms with van der Waals surface area (Å²) in [6, 6.07) is 4.34. The third kappa shape index (κ3) is 5.65. The van der Waals surface area contributed by atoms with Gasteiger partial charge in [-0.1, -0.05) is 6.07 Å². The lowest BCUT2D eigenvalue weighted by Gasteiger charge is -2.45. The van der Waals surface area contributed by atoms with Gasteiger partial charge in [-0.05, 0) is 31.5 Å². The molecule has 35 heavy (non-hydrogen) atoms. The first-order valence-corrected chi connectivity index (χ1v) is 12.7. The SMILES string of the molecule is CC1(O)CN(c2nc(N[C@H]3CCN(S(C)(=O)=O)C3)nc(Nc3cccc(C(F)(F)F)c3)c2C=N)C1. The van der Waals surface area contributed by atoms with Crippen LogP contribution in [0.1, 0.15) is 24.5 Å². The Bertz CT molecular complexity index is 1230. The summed E-state index contributed by atoms with van der Waals surface area (Å²) in [5.41, 5.74) is -1.41. The van der Waals surface area contributed by atoms with E-state index in [1.807, 2.05) is 0 Å². The lowest BCUT2D eigenvalue weighted by molar-refractivity contribution is -0.137. The minimum Gasteiger partial charge on any atom is -0.386 e. The van der Waals surface area contributed by atoms with E-state index in [2.05, 4.69) is 20.6 Å². The summed E-state index contributed by atoms with van der Waals surface area (Å²) in [5.74, 6) is 0.569. The number of sulfonamides is 1. The maximum absolute atomic E-state index is 13.2. The van der Waals surface area contributed by atoms with Gasteiger partial charge in [-0.3, -0.25) is 0 Å². The fourth-order valence-corrected chi connectivity index (χ4v) is 5.04. The van der Waals surface area contributed by atoms with E-state index >= 15 is 0 Å². The van der Waals surface area contributed by atoms with Gasteiger partial charge in [0.25, 0.3) is 0 Å². The maximum atomic E-state index is 13.2. The highest BCUT2D eigenvalue weighted by Gasteiger charge is 2.39. The number of aromatic nitrogens is 2. The molecule has 4 rings (SSSR count). The quantitative estimate of drug-likeness (QED) is 0.414. The molecule has 0 radical (unpaired) electrons. The average Bonchev–Trinajstić information content (AvgIpc) is 3.20. The van der Waals surface area contributed by atoms with E-state index in [0.717, 1.165) is 24.6 Å². The molecule has 2 aliphatic rings. The first kappa shape index (κ1) is 25.1. The molecule has 0 amide bonds. The second-order valence-electron chi connectivity index (χ2n) is 9.08. The lowest BCUT2D eigenvalue weighted by atomic mass is 9.96. The minimum absolute atomic E-state index is 0.108. The number of nitrogens with zero attached hydrogens (tertiary/aromatic N) is 4. The highest BCUT2D eigenvalue weighted by Crippen LogP contribution is 2.35. The van der Waals surface area contributed by atoms with E-state index in [1.165, 1.54) is 16.4 Å². The second kappa shape index (κ2) is 8.91. The van der Waals surface area contributed by atoms with E-state index in [-0.39, 0.29) is 48.7 Å². The van der Waals surface area contributed by atoms with E-state index in [1.54, 1.807) is 11.8 Å². The first-order chi connectivity index (χ1) is 16.2. The molecule has 14 heteroatoms. The van der Waals surface area contributed by atoms with E-state index < -0.39 is 27.4 Å². The zero-order chi connectivity index (χ0) is 25.6. The zero-order valence-electron chi connectivity index (χ0n) is 19.1. The molecule has 1 aromatic heterocycles. The van der Waals surface area contributed by atoms with Crippen LogP contribution in [0.25, 0.3) is 0 Å². The van der Waals surface area contributed by atoms with Crippen LogP contribution in [-0.2, 0) is 16.2 Å². The molecule has 190 valence electrons. The van der Waals surface area contributed by atoms with Gasteiger partial charge >= 0.3 is 6.18 Å².